The molecule has 2 aliphatic rings. The highest BCUT2D eigenvalue weighted by Gasteiger charge is 2.27. The van der Waals surface area contributed by atoms with Crippen molar-refractivity contribution in [2.45, 2.75) is 25.7 Å². The van der Waals surface area contributed by atoms with Gasteiger partial charge in [0.1, 0.15) is 5.82 Å². The van der Waals surface area contributed by atoms with Gasteiger partial charge >= 0.3 is 6.03 Å². The van der Waals surface area contributed by atoms with E-state index in [2.05, 4.69) is 16.2 Å². The summed E-state index contributed by atoms with van der Waals surface area (Å²) in [4.78, 5) is 32.4. The molecule has 0 aromatic carbocycles. The maximum absolute atomic E-state index is 12.5. The smallest absolute Gasteiger partial charge is 0.323 e. The molecule has 3 amide bonds. The first-order valence-electron chi connectivity index (χ1n) is 8.53. The van der Waals surface area contributed by atoms with Gasteiger partial charge in [0.05, 0.1) is 6.54 Å². The number of aromatic nitrogens is 1. The number of rotatable bonds is 2. The highest BCUT2D eigenvalue weighted by molar-refractivity contribution is 6.31. The van der Waals surface area contributed by atoms with Crippen LogP contribution in [0.4, 0.5) is 10.6 Å². The molecule has 1 saturated heterocycles. The Morgan fingerprint density at radius 2 is 2.12 bits per heavy atom. The normalized spacial score (nSPS) is 17.6. The lowest BCUT2D eigenvalue weighted by molar-refractivity contribution is -0.131. The number of amides is 3. The lowest BCUT2D eigenvalue weighted by Gasteiger charge is -2.31. The second kappa shape index (κ2) is 7.75. The number of nitrogens with one attached hydrogen (secondary N) is 1. The molecule has 132 valence electrons. The Hall–Kier alpha value is -2.26. The number of nitrogens with zero attached hydrogens (tertiary/aromatic N) is 3. The Bertz CT molecular complexity index is 708. The summed E-state index contributed by atoms with van der Waals surface area (Å²) in [6.07, 6.45) is 10.3. The van der Waals surface area contributed by atoms with E-state index >= 15 is 0 Å². The molecule has 0 bridgehead atoms. The van der Waals surface area contributed by atoms with Crippen molar-refractivity contribution in [2.24, 2.45) is 5.92 Å². The minimum atomic E-state index is -0.317. The van der Waals surface area contributed by atoms with Crippen molar-refractivity contribution in [3.8, 4) is 12.3 Å². The first-order valence-corrected chi connectivity index (χ1v) is 8.90. The molecule has 1 N–H and O–H groups in total. The number of urea groups is 1. The average molecular weight is 361 g/mol. The zero-order valence-electron chi connectivity index (χ0n) is 14.0. The number of carbonyl (C=O) groups is 2. The van der Waals surface area contributed by atoms with Gasteiger partial charge in [-0.2, -0.15) is 0 Å². The lowest BCUT2D eigenvalue weighted by Crippen LogP contribution is -2.48. The van der Waals surface area contributed by atoms with Crippen molar-refractivity contribution in [3.63, 3.8) is 0 Å². The zero-order chi connectivity index (χ0) is 17.8. The first-order chi connectivity index (χ1) is 12.1. The molecular formula is C18H21ClN4O2. The molecule has 1 aromatic heterocycles. The number of carbonyl (C=O) groups excluding carboxylic acids is 2. The molecular weight excluding hydrogens is 340 g/mol. The molecule has 0 atom stereocenters. The molecule has 7 heteroatoms. The molecule has 3 rings (SSSR count). The predicted octanol–water partition coefficient (Wildman–Crippen LogP) is 2.07. The van der Waals surface area contributed by atoms with Crippen molar-refractivity contribution in [1.82, 2.24) is 15.2 Å². The Kier molecular flexibility index (Phi) is 5.44. The minimum absolute atomic E-state index is 0.0219. The highest BCUT2D eigenvalue weighted by Crippen LogP contribution is 2.30. The molecule has 6 nitrogen and oxygen atoms in total. The van der Waals surface area contributed by atoms with Crippen LogP contribution in [0.1, 0.15) is 24.8 Å². The number of hydrogen-bond donors (Lipinski definition) is 1. The summed E-state index contributed by atoms with van der Waals surface area (Å²) in [5.41, 5.74) is 0.883. The van der Waals surface area contributed by atoms with Crippen LogP contribution in [0.2, 0.25) is 5.02 Å². The van der Waals surface area contributed by atoms with Crippen LogP contribution < -0.4 is 10.2 Å². The van der Waals surface area contributed by atoms with Gasteiger partial charge in [0.2, 0.25) is 5.91 Å². The summed E-state index contributed by atoms with van der Waals surface area (Å²) in [5.74, 6) is 3.49. The number of terminal acetylenes is 1. The first kappa shape index (κ1) is 17.6. The molecule has 0 saturated carbocycles. The standard InChI is InChI=1S/C18H21ClN4O2/c1-2-13-6-10-22(11-7-13)16(24)12-21-18(25)23-9-3-4-14-15(19)5-8-20-17(14)23/h1,5,8,13H,3-4,6-7,9-12H2,(H,21,25). The third-order valence-electron chi connectivity index (χ3n) is 4.76. The van der Waals surface area contributed by atoms with Crippen LogP contribution in [-0.2, 0) is 11.2 Å². The second-order valence-corrected chi connectivity index (χ2v) is 6.74. The summed E-state index contributed by atoms with van der Waals surface area (Å²) in [7, 11) is 0. The van der Waals surface area contributed by atoms with E-state index < -0.39 is 0 Å². The van der Waals surface area contributed by atoms with Crippen LogP contribution >= 0.6 is 11.6 Å². The second-order valence-electron chi connectivity index (χ2n) is 6.33. The third kappa shape index (κ3) is 3.88. The number of anilines is 1. The van der Waals surface area contributed by atoms with E-state index in [1.807, 2.05) is 0 Å². The molecule has 2 aliphatic heterocycles. The van der Waals surface area contributed by atoms with Gasteiger partial charge in [-0.3, -0.25) is 9.69 Å². The number of fused-ring (bicyclic) bond motifs is 1. The van der Waals surface area contributed by atoms with E-state index in [-0.39, 0.29) is 24.4 Å². The van der Waals surface area contributed by atoms with Gasteiger partial charge in [0.15, 0.2) is 0 Å². The fourth-order valence-electron chi connectivity index (χ4n) is 3.29. The minimum Gasteiger partial charge on any atom is -0.341 e. The van der Waals surface area contributed by atoms with Crippen LogP contribution in [0, 0.1) is 18.3 Å². The SMILES string of the molecule is C#CC1CCN(C(=O)CNC(=O)N2CCCc3c(Cl)ccnc32)CC1. The van der Waals surface area contributed by atoms with Crippen molar-refractivity contribution < 1.29 is 9.59 Å². The van der Waals surface area contributed by atoms with E-state index in [4.69, 9.17) is 18.0 Å². The largest absolute Gasteiger partial charge is 0.341 e. The fourth-order valence-corrected chi connectivity index (χ4v) is 3.53. The van der Waals surface area contributed by atoms with Crippen LogP contribution in [0.25, 0.3) is 0 Å². The average Bonchev–Trinajstić information content (AvgIpc) is 2.66. The van der Waals surface area contributed by atoms with E-state index in [1.165, 1.54) is 0 Å². The molecule has 0 aliphatic carbocycles. The molecule has 0 radical (unpaired) electrons. The molecule has 1 fully saturated rings. The number of likely N-dealkylation sites (tertiary alicyclic amines) is 1. The van der Waals surface area contributed by atoms with Gasteiger partial charge in [-0.15, -0.1) is 12.3 Å². The number of halogens is 1. The molecule has 0 spiro atoms. The molecule has 0 unspecified atom stereocenters. The number of pyridine rings is 1. The van der Waals surface area contributed by atoms with Crippen LogP contribution in [0.15, 0.2) is 12.3 Å². The van der Waals surface area contributed by atoms with Crippen molar-refractivity contribution in [1.29, 1.82) is 0 Å². The van der Waals surface area contributed by atoms with Crippen LogP contribution in [-0.4, -0.2) is 48.0 Å². The van der Waals surface area contributed by atoms with E-state index in [1.54, 1.807) is 22.1 Å². The monoisotopic (exact) mass is 360 g/mol. The van der Waals surface area contributed by atoms with Crippen molar-refractivity contribution >= 4 is 29.4 Å². The Morgan fingerprint density at radius 1 is 1.36 bits per heavy atom. The summed E-state index contributed by atoms with van der Waals surface area (Å²) in [6, 6.07) is 1.41. The van der Waals surface area contributed by atoms with E-state index in [0.717, 1.165) is 31.2 Å². The summed E-state index contributed by atoms with van der Waals surface area (Å²) in [5, 5.41) is 3.33. The van der Waals surface area contributed by atoms with Gasteiger partial charge in [0, 0.05) is 42.3 Å². The Balaban J connectivity index is 1.56. The van der Waals surface area contributed by atoms with Gasteiger partial charge in [-0.25, -0.2) is 9.78 Å². The Morgan fingerprint density at radius 3 is 2.84 bits per heavy atom. The van der Waals surface area contributed by atoms with Crippen molar-refractivity contribution in [3.05, 3.63) is 22.8 Å². The topological polar surface area (TPSA) is 65.5 Å². The third-order valence-corrected chi connectivity index (χ3v) is 5.11. The van der Waals surface area contributed by atoms with Gasteiger partial charge < -0.3 is 10.2 Å². The summed E-state index contributed by atoms with van der Waals surface area (Å²) in [6.45, 7) is 1.83. The lowest BCUT2D eigenvalue weighted by atomic mass is 9.98. The quantitative estimate of drug-likeness (QED) is 0.821. The van der Waals surface area contributed by atoms with Crippen LogP contribution in [0.5, 0.6) is 0 Å². The molecule has 25 heavy (non-hydrogen) atoms. The predicted molar refractivity (Wildman–Crippen MR) is 96.4 cm³/mol. The summed E-state index contributed by atoms with van der Waals surface area (Å²) < 4.78 is 0. The maximum Gasteiger partial charge on any atom is 0.323 e. The maximum atomic E-state index is 12.5. The van der Waals surface area contributed by atoms with Gasteiger partial charge in [0.25, 0.3) is 0 Å². The van der Waals surface area contributed by atoms with Crippen LogP contribution in [0.3, 0.4) is 0 Å². The molecule has 1 aromatic rings. The van der Waals surface area contributed by atoms with Gasteiger partial charge in [-0.1, -0.05) is 11.6 Å². The van der Waals surface area contributed by atoms with E-state index in [9.17, 15) is 9.59 Å². The number of hydrogen-bond acceptors (Lipinski definition) is 3. The Labute approximate surface area is 152 Å². The van der Waals surface area contributed by atoms with Gasteiger partial charge in [-0.05, 0) is 31.7 Å². The highest BCUT2D eigenvalue weighted by atomic mass is 35.5. The number of piperidine rings is 1. The van der Waals surface area contributed by atoms with Crippen molar-refractivity contribution in [2.75, 3.05) is 31.1 Å². The fraction of sp³-hybridized carbons (Fsp3) is 0.500. The summed E-state index contributed by atoms with van der Waals surface area (Å²) >= 11 is 6.19. The molecule has 3 heterocycles. The van der Waals surface area contributed by atoms with E-state index in [0.29, 0.717) is 30.5 Å². The zero-order valence-corrected chi connectivity index (χ0v) is 14.8.